The van der Waals surface area contributed by atoms with E-state index in [1.54, 1.807) is 48.5 Å². The first kappa shape index (κ1) is 18.9. The van der Waals surface area contributed by atoms with Crippen LogP contribution in [0.25, 0.3) is 0 Å². The van der Waals surface area contributed by atoms with Crippen molar-refractivity contribution in [1.82, 2.24) is 4.90 Å². The molecule has 0 aliphatic carbocycles. The van der Waals surface area contributed by atoms with Crippen LogP contribution in [0, 0.1) is 5.92 Å². The Bertz CT molecular complexity index is 845. The van der Waals surface area contributed by atoms with E-state index in [-0.39, 0.29) is 5.92 Å². The molecule has 0 saturated heterocycles. The summed E-state index contributed by atoms with van der Waals surface area (Å²) in [6, 6.07) is 12.8. The molecule has 3 rings (SSSR count). The number of benzene rings is 2. The topological polar surface area (TPSA) is 75.7 Å². The fourth-order valence-electron chi connectivity index (χ4n) is 2.80. The summed E-state index contributed by atoms with van der Waals surface area (Å²) < 4.78 is 5.27. The number of rotatable bonds is 6. The van der Waals surface area contributed by atoms with Gasteiger partial charge in [0.1, 0.15) is 6.04 Å². The largest absolute Gasteiger partial charge is 0.442 e. The van der Waals surface area contributed by atoms with Crippen LogP contribution in [-0.4, -0.2) is 35.5 Å². The lowest BCUT2D eigenvalue weighted by Crippen LogP contribution is -2.40. The van der Waals surface area contributed by atoms with Crippen molar-refractivity contribution in [2.75, 3.05) is 12.0 Å². The zero-order chi connectivity index (χ0) is 19.6. The van der Waals surface area contributed by atoms with Gasteiger partial charge in [-0.15, -0.1) is 0 Å². The molecule has 0 radical (unpaired) electrons. The lowest BCUT2D eigenvalue weighted by atomic mass is 10.0. The summed E-state index contributed by atoms with van der Waals surface area (Å²) in [5, 5.41) is 3.69. The van der Waals surface area contributed by atoms with Gasteiger partial charge in [-0.25, -0.2) is 9.69 Å². The molecule has 1 aliphatic heterocycles. The summed E-state index contributed by atoms with van der Waals surface area (Å²) in [5.74, 6) is -1.54. The van der Waals surface area contributed by atoms with Gasteiger partial charge in [0.15, 0.2) is 6.73 Å². The predicted molar refractivity (Wildman–Crippen MR) is 102 cm³/mol. The van der Waals surface area contributed by atoms with Gasteiger partial charge in [0, 0.05) is 10.7 Å². The van der Waals surface area contributed by atoms with E-state index in [0.29, 0.717) is 16.1 Å². The molecule has 2 aromatic carbocycles. The zero-order valence-corrected chi connectivity index (χ0v) is 15.7. The van der Waals surface area contributed by atoms with Crippen molar-refractivity contribution in [3.8, 4) is 0 Å². The first-order valence-corrected chi connectivity index (χ1v) is 8.90. The molecule has 0 aromatic heterocycles. The van der Waals surface area contributed by atoms with E-state index in [4.69, 9.17) is 16.3 Å². The number of amides is 2. The first-order valence-electron chi connectivity index (χ1n) is 8.52. The van der Waals surface area contributed by atoms with Crippen molar-refractivity contribution in [3.05, 3.63) is 64.7 Å². The van der Waals surface area contributed by atoms with Crippen molar-refractivity contribution in [1.29, 1.82) is 0 Å². The van der Waals surface area contributed by atoms with Crippen LogP contribution >= 0.6 is 11.6 Å². The number of ether oxygens (including phenoxy) is 1. The molecule has 27 heavy (non-hydrogen) atoms. The Labute approximate surface area is 162 Å². The number of hydrogen-bond donors (Lipinski definition) is 1. The van der Waals surface area contributed by atoms with Crippen molar-refractivity contribution in [2.45, 2.75) is 19.9 Å². The number of carbonyl (C=O) groups is 3. The van der Waals surface area contributed by atoms with E-state index >= 15 is 0 Å². The van der Waals surface area contributed by atoms with Gasteiger partial charge < -0.3 is 10.1 Å². The average molecular weight is 387 g/mol. The first-order chi connectivity index (χ1) is 12.9. The van der Waals surface area contributed by atoms with Crippen LogP contribution in [0.1, 0.15) is 34.6 Å². The Morgan fingerprint density at radius 3 is 2.11 bits per heavy atom. The summed E-state index contributed by atoms with van der Waals surface area (Å²) in [6.07, 6.45) is 0. The molecule has 2 aromatic rings. The van der Waals surface area contributed by atoms with Crippen molar-refractivity contribution < 1.29 is 19.1 Å². The van der Waals surface area contributed by atoms with Crippen LogP contribution in [0.4, 0.5) is 5.69 Å². The highest BCUT2D eigenvalue weighted by molar-refractivity contribution is 6.30. The fraction of sp³-hybridized carbons (Fsp3) is 0.250. The Morgan fingerprint density at radius 1 is 1.04 bits per heavy atom. The van der Waals surface area contributed by atoms with Crippen LogP contribution < -0.4 is 5.32 Å². The van der Waals surface area contributed by atoms with E-state index in [9.17, 15) is 14.4 Å². The lowest BCUT2D eigenvalue weighted by molar-refractivity contribution is -0.148. The molecule has 1 aliphatic rings. The van der Waals surface area contributed by atoms with Crippen molar-refractivity contribution in [2.24, 2.45) is 5.92 Å². The minimum atomic E-state index is -0.638. The molecule has 1 N–H and O–H groups in total. The maximum atomic E-state index is 12.5. The monoisotopic (exact) mass is 386 g/mol. The van der Waals surface area contributed by atoms with Gasteiger partial charge >= 0.3 is 5.97 Å². The smallest absolute Gasteiger partial charge is 0.330 e. The third kappa shape index (κ3) is 3.95. The van der Waals surface area contributed by atoms with E-state index in [0.717, 1.165) is 10.6 Å². The Balaban J connectivity index is 1.66. The molecule has 6 nitrogen and oxygen atoms in total. The van der Waals surface area contributed by atoms with Gasteiger partial charge in [0.2, 0.25) is 0 Å². The van der Waals surface area contributed by atoms with Crippen LogP contribution in [0.5, 0.6) is 0 Å². The van der Waals surface area contributed by atoms with Gasteiger partial charge in [0.05, 0.1) is 11.1 Å². The second-order valence-corrected chi connectivity index (χ2v) is 6.99. The number of fused-ring (bicyclic) bond motifs is 1. The number of nitrogens with zero attached hydrogens (tertiary/aromatic N) is 1. The van der Waals surface area contributed by atoms with E-state index in [1.807, 2.05) is 13.8 Å². The number of imide groups is 1. The molecule has 0 unspecified atom stereocenters. The molecule has 140 valence electrons. The van der Waals surface area contributed by atoms with Gasteiger partial charge in [0.25, 0.3) is 11.8 Å². The summed E-state index contributed by atoms with van der Waals surface area (Å²) in [5.41, 5.74) is 1.35. The predicted octanol–water partition coefficient (Wildman–Crippen LogP) is 3.57. The molecule has 0 fully saturated rings. The number of esters is 1. The Morgan fingerprint density at radius 2 is 1.59 bits per heavy atom. The summed E-state index contributed by atoms with van der Waals surface area (Å²) in [7, 11) is 0. The quantitative estimate of drug-likeness (QED) is 0.606. The fourth-order valence-corrected chi connectivity index (χ4v) is 2.92. The third-order valence-electron chi connectivity index (χ3n) is 4.30. The summed E-state index contributed by atoms with van der Waals surface area (Å²) >= 11 is 5.87. The van der Waals surface area contributed by atoms with Gasteiger partial charge in [-0.2, -0.15) is 0 Å². The van der Waals surface area contributed by atoms with Gasteiger partial charge in [-0.1, -0.05) is 37.6 Å². The third-order valence-corrected chi connectivity index (χ3v) is 4.55. The highest BCUT2D eigenvalue weighted by Crippen LogP contribution is 2.23. The van der Waals surface area contributed by atoms with Crippen molar-refractivity contribution in [3.63, 3.8) is 0 Å². The maximum absolute atomic E-state index is 12.5. The summed E-state index contributed by atoms with van der Waals surface area (Å²) in [6.45, 7) is 3.32. The van der Waals surface area contributed by atoms with Crippen molar-refractivity contribution >= 4 is 35.1 Å². The van der Waals surface area contributed by atoms with E-state index in [2.05, 4.69) is 5.32 Å². The maximum Gasteiger partial charge on any atom is 0.330 e. The molecule has 1 atom stereocenters. The normalized spacial score (nSPS) is 14.3. The molecule has 2 amide bonds. The second kappa shape index (κ2) is 7.80. The van der Waals surface area contributed by atoms with Gasteiger partial charge in [-0.05, 0) is 42.3 Å². The highest BCUT2D eigenvalue weighted by Gasteiger charge is 2.36. The second-order valence-electron chi connectivity index (χ2n) is 6.55. The molecule has 0 bridgehead atoms. The molecule has 0 saturated carbocycles. The Hall–Kier alpha value is -2.86. The van der Waals surface area contributed by atoms with E-state index < -0.39 is 30.6 Å². The number of nitrogens with one attached hydrogen (secondary N) is 1. The van der Waals surface area contributed by atoms with Crippen LogP contribution in [0.3, 0.4) is 0 Å². The molecule has 7 heteroatoms. The number of carbonyl (C=O) groups excluding carboxylic acids is 3. The SMILES string of the molecule is CC(C)[C@H](Nc1ccc(Cl)cc1)C(=O)OCN1C(=O)c2ccccc2C1=O. The number of hydrogen-bond acceptors (Lipinski definition) is 5. The summed E-state index contributed by atoms with van der Waals surface area (Å²) in [4.78, 5) is 38.1. The zero-order valence-electron chi connectivity index (χ0n) is 14.9. The van der Waals surface area contributed by atoms with Crippen LogP contribution in [0.15, 0.2) is 48.5 Å². The number of anilines is 1. The highest BCUT2D eigenvalue weighted by atomic mass is 35.5. The van der Waals surface area contributed by atoms with Crippen LogP contribution in [-0.2, 0) is 9.53 Å². The van der Waals surface area contributed by atoms with Crippen LogP contribution in [0.2, 0.25) is 5.02 Å². The minimum Gasteiger partial charge on any atom is -0.442 e. The van der Waals surface area contributed by atoms with Gasteiger partial charge in [-0.3, -0.25) is 9.59 Å². The lowest BCUT2D eigenvalue weighted by Gasteiger charge is -2.23. The molecular weight excluding hydrogens is 368 g/mol. The molecule has 0 spiro atoms. The minimum absolute atomic E-state index is 0.0737. The molecule has 1 heterocycles. The Kier molecular flexibility index (Phi) is 5.46. The average Bonchev–Trinajstić information content (AvgIpc) is 2.90. The number of halogens is 1. The molecular formula is C20H19ClN2O4. The standard InChI is InChI=1S/C20H19ClN2O4/c1-12(2)17(22-14-9-7-13(21)8-10-14)20(26)27-11-23-18(24)15-5-3-4-6-16(15)19(23)25/h3-10,12,17,22H,11H2,1-2H3/t17-/m0/s1. The van der Waals surface area contributed by atoms with E-state index in [1.165, 1.54) is 0 Å².